The number of carbonyl (C=O) groups excluding carboxylic acids is 1. The summed E-state index contributed by atoms with van der Waals surface area (Å²) < 4.78 is 32.1. The average Bonchev–Trinajstić information content (AvgIpc) is 3.16. The Morgan fingerprint density at radius 1 is 1.18 bits per heavy atom. The Hall–Kier alpha value is -2.42. The lowest BCUT2D eigenvalue weighted by molar-refractivity contribution is -0.121. The number of nitrogens with one attached hydrogen (secondary N) is 1. The fourth-order valence-electron chi connectivity index (χ4n) is 2.47. The van der Waals surface area contributed by atoms with E-state index in [1.54, 1.807) is 12.1 Å². The topological polar surface area (TPSA) is 85.4 Å². The van der Waals surface area contributed by atoms with Crippen LogP contribution in [0.5, 0.6) is 5.75 Å². The molecule has 1 N–H and O–H groups in total. The molecule has 28 heavy (non-hydrogen) atoms. The molecule has 2 aromatic carbocycles. The number of thiazole rings is 1. The lowest BCUT2D eigenvalue weighted by Gasteiger charge is -2.10. The van der Waals surface area contributed by atoms with E-state index in [1.165, 1.54) is 16.7 Å². The molecule has 3 rings (SSSR count). The zero-order chi connectivity index (χ0) is 20.3. The fraction of sp³-hybridized carbons (Fsp3) is 0.158. The number of benzene rings is 2. The highest BCUT2D eigenvalue weighted by atomic mass is 35.5. The van der Waals surface area contributed by atoms with Crippen LogP contribution in [0.25, 0.3) is 10.6 Å². The van der Waals surface area contributed by atoms with Crippen molar-refractivity contribution in [3.8, 4) is 16.3 Å². The van der Waals surface area contributed by atoms with Crippen LogP contribution >= 0.6 is 22.9 Å². The number of ether oxygens (including phenoxy) is 1. The van der Waals surface area contributed by atoms with Crippen LogP contribution in [0.4, 0.5) is 0 Å². The van der Waals surface area contributed by atoms with Gasteiger partial charge in [0.15, 0.2) is 11.6 Å². The van der Waals surface area contributed by atoms with Gasteiger partial charge in [0.2, 0.25) is 0 Å². The molecule has 0 bridgehead atoms. The standard InChI is InChI=1S/C19H17ClN2O4S2/c1-12-8-15(9-13(2)18(12)20)26-10-16(23)22-28(24,25)17-11-27-19(21-17)14-6-4-3-5-7-14/h3-9,11H,10H2,1-2H3,(H,22,23). The molecule has 9 heteroatoms. The Bertz CT molecular complexity index is 1090. The van der Waals surface area contributed by atoms with E-state index in [2.05, 4.69) is 4.98 Å². The summed E-state index contributed by atoms with van der Waals surface area (Å²) >= 11 is 7.28. The van der Waals surface area contributed by atoms with Crippen molar-refractivity contribution in [3.63, 3.8) is 0 Å². The van der Waals surface area contributed by atoms with Gasteiger partial charge >= 0.3 is 0 Å². The fourth-order valence-corrected chi connectivity index (χ4v) is 4.65. The number of hydrogen-bond donors (Lipinski definition) is 1. The minimum Gasteiger partial charge on any atom is -0.484 e. The Kier molecular flexibility index (Phi) is 6.02. The normalized spacial score (nSPS) is 11.2. The number of amides is 1. The van der Waals surface area contributed by atoms with E-state index in [0.29, 0.717) is 15.8 Å². The van der Waals surface area contributed by atoms with Gasteiger partial charge in [-0.2, -0.15) is 8.42 Å². The highest BCUT2D eigenvalue weighted by Gasteiger charge is 2.22. The molecule has 1 aromatic heterocycles. The van der Waals surface area contributed by atoms with Crippen LogP contribution in [-0.2, 0) is 14.8 Å². The summed E-state index contributed by atoms with van der Waals surface area (Å²) in [7, 11) is -4.08. The van der Waals surface area contributed by atoms with E-state index in [1.807, 2.05) is 48.9 Å². The van der Waals surface area contributed by atoms with Crippen LogP contribution in [0.2, 0.25) is 5.02 Å². The van der Waals surface area contributed by atoms with Crippen LogP contribution in [0.15, 0.2) is 52.9 Å². The average molecular weight is 437 g/mol. The number of aromatic nitrogens is 1. The molecule has 6 nitrogen and oxygen atoms in total. The lowest BCUT2D eigenvalue weighted by Crippen LogP contribution is -2.34. The van der Waals surface area contributed by atoms with Crippen molar-refractivity contribution in [2.45, 2.75) is 18.9 Å². The molecule has 0 unspecified atom stereocenters. The van der Waals surface area contributed by atoms with E-state index in [9.17, 15) is 13.2 Å². The quantitative estimate of drug-likeness (QED) is 0.632. The summed E-state index contributed by atoms with van der Waals surface area (Å²) in [6.07, 6.45) is 0. The summed E-state index contributed by atoms with van der Waals surface area (Å²) in [6, 6.07) is 12.6. The molecule has 3 aromatic rings. The molecule has 0 aliphatic heterocycles. The molecule has 1 heterocycles. The number of carbonyl (C=O) groups is 1. The number of sulfonamides is 1. The van der Waals surface area contributed by atoms with E-state index >= 15 is 0 Å². The number of rotatable bonds is 6. The zero-order valence-electron chi connectivity index (χ0n) is 15.1. The summed E-state index contributed by atoms with van der Waals surface area (Å²) in [5.41, 5.74) is 2.42. The lowest BCUT2D eigenvalue weighted by atomic mass is 10.1. The molecule has 146 valence electrons. The van der Waals surface area contributed by atoms with Gasteiger partial charge in [0.05, 0.1) is 0 Å². The van der Waals surface area contributed by atoms with E-state index < -0.39 is 22.5 Å². The van der Waals surface area contributed by atoms with Gasteiger partial charge in [0.25, 0.3) is 15.9 Å². The predicted octanol–water partition coefficient (Wildman–Crippen LogP) is 3.96. The van der Waals surface area contributed by atoms with Crippen LogP contribution < -0.4 is 9.46 Å². The molecule has 0 aliphatic rings. The Balaban J connectivity index is 1.66. The Morgan fingerprint density at radius 3 is 2.46 bits per heavy atom. The van der Waals surface area contributed by atoms with Crippen LogP contribution in [0.3, 0.4) is 0 Å². The second-order valence-corrected chi connectivity index (χ2v) is 8.91. The number of hydrogen-bond acceptors (Lipinski definition) is 6. The van der Waals surface area contributed by atoms with Gasteiger partial charge in [-0.05, 0) is 37.1 Å². The van der Waals surface area contributed by atoms with Crippen LogP contribution in [-0.4, -0.2) is 25.9 Å². The molecular formula is C19H17ClN2O4S2. The molecular weight excluding hydrogens is 420 g/mol. The molecule has 0 radical (unpaired) electrons. The Labute approximate surface area is 172 Å². The predicted molar refractivity (Wildman–Crippen MR) is 109 cm³/mol. The largest absolute Gasteiger partial charge is 0.484 e. The van der Waals surface area contributed by atoms with Gasteiger partial charge in [0.1, 0.15) is 10.8 Å². The van der Waals surface area contributed by atoms with E-state index in [-0.39, 0.29) is 5.03 Å². The minimum atomic E-state index is -4.08. The molecule has 0 atom stereocenters. The van der Waals surface area contributed by atoms with Crippen LogP contribution in [0, 0.1) is 13.8 Å². The highest BCUT2D eigenvalue weighted by molar-refractivity contribution is 7.90. The maximum absolute atomic E-state index is 12.4. The van der Waals surface area contributed by atoms with Crippen LogP contribution in [0.1, 0.15) is 11.1 Å². The molecule has 0 saturated heterocycles. The second kappa shape index (κ2) is 8.30. The molecule has 0 fully saturated rings. The van der Waals surface area contributed by atoms with Crippen molar-refractivity contribution in [1.29, 1.82) is 0 Å². The summed E-state index contributed by atoms with van der Waals surface area (Å²) in [6.45, 7) is 3.19. The van der Waals surface area contributed by atoms with Crippen molar-refractivity contribution in [3.05, 3.63) is 64.0 Å². The zero-order valence-corrected chi connectivity index (χ0v) is 17.5. The van der Waals surface area contributed by atoms with Gasteiger partial charge in [-0.3, -0.25) is 4.79 Å². The Morgan fingerprint density at radius 2 is 1.82 bits per heavy atom. The maximum atomic E-state index is 12.4. The van der Waals surface area contributed by atoms with Gasteiger partial charge in [-0.15, -0.1) is 11.3 Å². The monoisotopic (exact) mass is 436 g/mol. The third kappa shape index (κ3) is 4.70. The van der Waals surface area contributed by atoms with Crippen molar-refractivity contribution < 1.29 is 17.9 Å². The third-order valence-electron chi connectivity index (χ3n) is 3.81. The SMILES string of the molecule is Cc1cc(OCC(=O)NS(=O)(=O)c2csc(-c3ccccc3)n2)cc(C)c1Cl. The number of aryl methyl sites for hydroxylation is 2. The summed E-state index contributed by atoms with van der Waals surface area (Å²) in [4.78, 5) is 16.2. The molecule has 0 spiro atoms. The van der Waals surface area contributed by atoms with Gasteiger partial charge < -0.3 is 4.74 Å². The van der Waals surface area contributed by atoms with Crippen molar-refractivity contribution in [1.82, 2.24) is 9.71 Å². The van der Waals surface area contributed by atoms with Crippen molar-refractivity contribution in [2.75, 3.05) is 6.61 Å². The minimum absolute atomic E-state index is 0.206. The molecule has 0 aliphatic carbocycles. The summed E-state index contributed by atoms with van der Waals surface area (Å²) in [5, 5.41) is 2.36. The second-order valence-electron chi connectivity index (χ2n) is 6.05. The number of halogens is 1. The van der Waals surface area contributed by atoms with Crippen molar-refractivity contribution in [2.24, 2.45) is 0 Å². The highest BCUT2D eigenvalue weighted by Crippen LogP contribution is 2.26. The number of nitrogens with zero attached hydrogens (tertiary/aromatic N) is 1. The first-order chi connectivity index (χ1) is 13.3. The first-order valence-corrected chi connectivity index (χ1v) is 11.0. The first kappa shape index (κ1) is 20.3. The van der Waals surface area contributed by atoms with E-state index in [0.717, 1.165) is 16.7 Å². The smallest absolute Gasteiger partial charge is 0.282 e. The van der Waals surface area contributed by atoms with Gasteiger partial charge in [-0.25, -0.2) is 9.71 Å². The van der Waals surface area contributed by atoms with E-state index in [4.69, 9.17) is 16.3 Å². The molecule has 1 amide bonds. The van der Waals surface area contributed by atoms with Crippen molar-refractivity contribution >= 4 is 38.9 Å². The maximum Gasteiger partial charge on any atom is 0.282 e. The van der Waals surface area contributed by atoms with Gasteiger partial charge in [0, 0.05) is 16.0 Å². The first-order valence-electron chi connectivity index (χ1n) is 8.22. The molecule has 0 saturated carbocycles. The van der Waals surface area contributed by atoms with Gasteiger partial charge in [-0.1, -0.05) is 41.9 Å². The third-order valence-corrected chi connectivity index (χ3v) is 6.70. The summed E-state index contributed by atoms with van der Waals surface area (Å²) in [5.74, 6) is -0.355.